The molecule has 0 spiro atoms. The monoisotopic (exact) mass is 495 g/mol. The Bertz CT molecular complexity index is 1130. The van der Waals surface area contributed by atoms with Gasteiger partial charge in [0.2, 0.25) is 0 Å². The van der Waals surface area contributed by atoms with Gasteiger partial charge in [0.25, 0.3) is 5.91 Å². The molecule has 2 N–H and O–H groups in total. The average Bonchev–Trinajstić information content (AvgIpc) is 2.79. The fraction of sp³-hybridized carbons (Fsp3) is 0.120. The number of carbonyl (C=O) groups excluding carboxylic acids is 1. The van der Waals surface area contributed by atoms with Crippen LogP contribution in [-0.4, -0.2) is 23.6 Å². The Hall–Kier alpha value is -3.58. The highest BCUT2D eigenvalue weighted by molar-refractivity contribution is 9.10. The van der Waals surface area contributed by atoms with E-state index in [2.05, 4.69) is 21.2 Å². The molecule has 0 aliphatic rings. The van der Waals surface area contributed by atoms with Gasteiger partial charge in [0.1, 0.15) is 12.3 Å². The van der Waals surface area contributed by atoms with Gasteiger partial charge >= 0.3 is 5.97 Å². The van der Waals surface area contributed by atoms with E-state index in [1.165, 1.54) is 6.08 Å². The molecule has 164 valence electrons. The van der Waals surface area contributed by atoms with Gasteiger partial charge < -0.3 is 19.9 Å². The van der Waals surface area contributed by atoms with Crippen LogP contribution in [0.15, 0.2) is 83.0 Å². The van der Waals surface area contributed by atoms with Crippen molar-refractivity contribution in [3.8, 4) is 11.5 Å². The molecule has 3 aromatic rings. The van der Waals surface area contributed by atoms with Crippen molar-refractivity contribution < 1.29 is 24.2 Å². The minimum absolute atomic E-state index is 0.247. The Labute approximate surface area is 194 Å². The fourth-order valence-corrected chi connectivity index (χ4v) is 3.27. The van der Waals surface area contributed by atoms with Crippen molar-refractivity contribution in [1.82, 2.24) is 5.32 Å². The number of carbonyl (C=O) groups is 2. The molecule has 6 nitrogen and oxygen atoms in total. The van der Waals surface area contributed by atoms with Crippen LogP contribution >= 0.6 is 15.9 Å². The summed E-state index contributed by atoms with van der Waals surface area (Å²) in [6.07, 6.45) is 1.38. The number of ether oxygens (including phenoxy) is 2. The van der Waals surface area contributed by atoms with E-state index in [0.29, 0.717) is 35.8 Å². The van der Waals surface area contributed by atoms with Crippen LogP contribution in [0.25, 0.3) is 6.08 Å². The second kappa shape index (κ2) is 11.2. The third-order valence-corrected chi connectivity index (χ3v) is 5.21. The molecule has 3 rings (SSSR count). The van der Waals surface area contributed by atoms with E-state index in [9.17, 15) is 14.7 Å². The van der Waals surface area contributed by atoms with Crippen molar-refractivity contribution in [1.29, 1.82) is 0 Å². The normalized spacial score (nSPS) is 11.0. The van der Waals surface area contributed by atoms with E-state index in [1.807, 2.05) is 31.2 Å². The maximum absolute atomic E-state index is 12.4. The van der Waals surface area contributed by atoms with Gasteiger partial charge in [0, 0.05) is 15.6 Å². The van der Waals surface area contributed by atoms with Gasteiger partial charge in [-0.3, -0.25) is 4.79 Å². The second-order valence-electron chi connectivity index (χ2n) is 6.70. The third kappa shape index (κ3) is 6.21. The highest BCUT2D eigenvalue weighted by Crippen LogP contribution is 2.31. The first-order valence-electron chi connectivity index (χ1n) is 9.92. The summed E-state index contributed by atoms with van der Waals surface area (Å²) in [7, 11) is 0. The largest absolute Gasteiger partial charge is 0.490 e. The van der Waals surface area contributed by atoms with Gasteiger partial charge in [0.15, 0.2) is 11.5 Å². The molecular formula is C25H22BrNO5. The number of carboxylic acid groups (broad SMARTS) is 1. The van der Waals surface area contributed by atoms with E-state index >= 15 is 0 Å². The number of benzene rings is 3. The molecule has 3 aromatic carbocycles. The Morgan fingerprint density at radius 3 is 2.38 bits per heavy atom. The number of aliphatic carboxylic acids is 1. The molecule has 0 aliphatic heterocycles. The van der Waals surface area contributed by atoms with Crippen molar-refractivity contribution >= 4 is 33.9 Å². The van der Waals surface area contributed by atoms with Gasteiger partial charge in [-0.05, 0) is 48.9 Å². The molecule has 0 saturated carbocycles. The zero-order valence-electron chi connectivity index (χ0n) is 17.4. The summed E-state index contributed by atoms with van der Waals surface area (Å²) in [5.74, 6) is -0.739. The predicted octanol–water partition coefficient (Wildman–Crippen LogP) is 5.28. The summed E-state index contributed by atoms with van der Waals surface area (Å²) in [4.78, 5) is 24.1. The summed E-state index contributed by atoms with van der Waals surface area (Å²) < 4.78 is 12.6. The summed E-state index contributed by atoms with van der Waals surface area (Å²) in [5, 5.41) is 12.0. The SMILES string of the molecule is CCOc1cc(C=C(NC(=O)c2ccccc2)C(=O)O)ccc1OCc1ccccc1Br. The molecule has 0 saturated heterocycles. The first kappa shape index (κ1) is 23.1. The molecule has 0 fully saturated rings. The predicted molar refractivity (Wildman–Crippen MR) is 126 cm³/mol. The Morgan fingerprint density at radius 1 is 0.969 bits per heavy atom. The first-order valence-corrected chi connectivity index (χ1v) is 10.7. The standard InChI is InChI=1S/C25H22BrNO5/c1-2-31-23-15-17(12-13-22(23)32-16-19-10-6-7-11-20(19)26)14-21(25(29)30)27-24(28)18-8-4-3-5-9-18/h3-15H,2,16H2,1H3,(H,27,28)(H,29,30). The quantitative estimate of drug-likeness (QED) is 0.394. The molecule has 0 aromatic heterocycles. The zero-order chi connectivity index (χ0) is 22.9. The van der Waals surface area contributed by atoms with Crippen molar-refractivity contribution in [3.63, 3.8) is 0 Å². The average molecular weight is 496 g/mol. The summed E-state index contributed by atoms with van der Waals surface area (Å²) >= 11 is 3.50. The number of amides is 1. The molecule has 32 heavy (non-hydrogen) atoms. The lowest BCUT2D eigenvalue weighted by Crippen LogP contribution is -2.27. The zero-order valence-corrected chi connectivity index (χ0v) is 19.0. The van der Waals surface area contributed by atoms with Gasteiger partial charge in [-0.15, -0.1) is 0 Å². The topological polar surface area (TPSA) is 84.9 Å². The van der Waals surface area contributed by atoms with Gasteiger partial charge in [-0.1, -0.05) is 58.4 Å². The fourth-order valence-electron chi connectivity index (χ4n) is 2.87. The number of hydrogen-bond acceptors (Lipinski definition) is 4. The minimum atomic E-state index is -1.25. The van der Waals surface area contributed by atoms with Crippen LogP contribution in [0.3, 0.4) is 0 Å². The lowest BCUT2D eigenvalue weighted by Gasteiger charge is -2.14. The Kier molecular flexibility index (Phi) is 8.05. The third-order valence-electron chi connectivity index (χ3n) is 4.43. The van der Waals surface area contributed by atoms with Crippen LogP contribution in [0.2, 0.25) is 0 Å². The number of halogens is 1. The molecule has 0 bridgehead atoms. The summed E-state index contributed by atoms with van der Waals surface area (Å²) in [5.41, 5.74) is 1.65. The summed E-state index contributed by atoms with van der Waals surface area (Å²) in [6.45, 7) is 2.60. The molecule has 0 atom stereocenters. The highest BCUT2D eigenvalue weighted by atomic mass is 79.9. The molecule has 0 heterocycles. The maximum atomic E-state index is 12.4. The van der Waals surface area contributed by atoms with Crippen LogP contribution in [0.4, 0.5) is 0 Å². The lowest BCUT2D eigenvalue weighted by molar-refractivity contribution is -0.132. The van der Waals surface area contributed by atoms with Crippen LogP contribution in [-0.2, 0) is 11.4 Å². The van der Waals surface area contributed by atoms with E-state index in [-0.39, 0.29) is 5.70 Å². The highest BCUT2D eigenvalue weighted by Gasteiger charge is 2.14. The molecule has 0 unspecified atom stereocenters. The van der Waals surface area contributed by atoms with Crippen LogP contribution in [0.1, 0.15) is 28.4 Å². The van der Waals surface area contributed by atoms with Gasteiger partial charge in [-0.25, -0.2) is 4.79 Å². The van der Waals surface area contributed by atoms with Crippen molar-refractivity contribution in [2.45, 2.75) is 13.5 Å². The maximum Gasteiger partial charge on any atom is 0.352 e. The van der Waals surface area contributed by atoms with Crippen LogP contribution < -0.4 is 14.8 Å². The van der Waals surface area contributed by atoms with Crippen LogP contribution in [0.5, 0.6) is 11.5 Å². The molecular weight excluding hydrogens is 474 g/mol. The smallest absolute Gasteiger partial charge is 0.352 e. The lowest BCUT2D eigenvalue weighted by atomic mass is 10.1. The summed E-state index contributed by atoms with van der Waals surface area (Å²) in [6, 6.07) is 21.3. The van der Waals surface area contributed by atoms with E-state index in [0.717, 1.165) is 10.0 Å². The molecule has 0 radical (unpaired) electrons. The van der Waals surface area contributed by atoms with Crippen molar-refractivity contribution in [2.24, 2.45) is 0 Å². The van der Waals surface area contributed by atoms with Gasteiger partial charge in [0.05, 0.1) is 6.61 Å². The first-order chi connectivity index (χ1) is 15.5. The van der Waals surface area contributed by atoms with Gasteiger partial charge in [-0.2, -0.15) is 0 Å². The Balaban J connectivity index is 1.81. The van der Waals surface area contributed by atoms with Crippen molar-refractivity contribution in [2.75, 3.05) is 6.61 Å². The molecule has 1 amide bonds. The number of rotatable bonds is 9. The Morgan fingerprint density at radius 2 is 1.69 bits per heavy atom. The van der Waals surface area contributed by atoms with E-state index in [1.54, 1.807) is 48.5 Å². The number of nitrogens with one attached hydrogen (secondary N) is 1. The van der Waals surface area contributed by atoms with E-state index < -0.39 is 11.9 Å². The second-order valence-corrected chi connectivity index (χ2v) is 7.56. The van der Waals surface area contributed by atoms with E-state index in [4.69, 9.17) is 9.47 Å². The molecule has 7 heteroatoms. The number of hydrogen-bond donors (Lipinski definition) is 2. The van der Waals surface area contributed by atoms with Crippen LogP contribution in [0, 0.1) is 0 Å². The number of carboxylic acids is 1. The van der Waals surface area contributed by atoms with Crippen molar-refractivity contribution in [3.05, 3.63) is 99.7 Å². The molecule has 0 aliphatic carbocycles. The minimum Gasteiger partial charge on any atom is -0.490 e.